The molecule has 1 aromatic carbocycles. The van der Waals surface area contributed by atoms with Crippen molar-refractivity contribution in [3.63, 3.8) is 0 Å². The summed E-state index contributed by atoms with van der Waals surface area (Å²) in [6, 6.07) is 10.2. The molecule has 0 radical (unpaired) electrons. The van der Waals surface area contributed by atoms with Crippen molar-refractivity contribution in [2.24, 2.45) is 5.92 Å². The van der Waals surface area contributed by atoms with Crippen molar-refractivity contribution in [1.82, 2.24) is 0 Å². The van der Waals surface area contributed by atoms with Gasteiger partial charge in [0.2, 0.25) is 0 Å². The maximum atomic E-state index is 6.48. The zero-order chi connectivity index (χ0) is 16.6. The van der Waals surface area contributed by atoms with Crippen molar-refractivity contribution in [3.05, 3.63) is 35.9 Å². The summed E-state index contributed by atoms with van der Waals surface area (Å²) in [5.74, 6) is 0.495. The Morgan fingerprint density at radius 3 is 2.75 bits per heavy atom. The lowest BCUT2D eigenvalue weighted by Gasteiger charge is -2.49. The Hall–Kier alpha value is -0.940. The molecule has 3 fully saturated rings. The largest absolute Gasteiger partial charge is 0.375 e. The minimum absolute atomic E-state index is 0.0286. The molecule has 0 aromatic heterocycles. The minimum atomic E-state index is -0.310. The molecule has 6 atom stereocenters. The van der Waals surface area contributed by atoms with Crippen LogP contribution in [0.1, 0.15) is 51.4 Å². The third-order valence-electron chi connectivity index (χ3n) is 5.83. The van der Waals surface area contributed by atoms with E-state index in [9.17, 15) is 0 Å². The minimum Gasteiger partial charge on any atom is -0.375 e. The average Bonchev–Trinajstić information content (AvgIpc) is 2.62. The van der Waals surface area contributed by atoms with Gasteiger partial charge in [0.15, 0.2) is 6.29 Å². The van der Waals surface area contributed by atoms with Crippen molar-refractivity contribution in [2.45, 2.75) is 69.7 Å². The number of hydrogen-bond acceptors (Lipinski definition) is 4. The van der Waals surface area contributed by atoms with Crippen molar-refractivity contribution >= 4 is 0 Å². The maximum Gasteiger partial charge on any atom is 0.184 e. The fourth-order valence-corrected chi connectivity index (χ4v) is 4.22. The fraction of sp³-hybridized carbons (Fsp3) is 0.700. The third kappa shape index (κ3) is 3.13. The molecule has 4 rings (SSSR count). The first kappa shape index (κ1) is 16.5. The van der Waals surface area contributed by atoms with E-state index in [1.807, 2.05) is 18.2 Å². The van der Waals surface area contributed by atoms with Crippen LogP contribution >= 0.6 is 0 Å². The third-order valence-corrected chi connectivity index (χ3v) is 5.83. The molecule has 3 saturated heterocycles. The molecule has 3 heterocycles. The van der Waals surface area contributed by atoms with Crippen LogP contribution in [0.3, 0.4) is 0 Å². The van der Waals surface area contributed by atoms with Gasteiger partial charge >= 0.3 is 0 Å². The van der Waals surface area contributed by atoms with Gasteiger partial charge in [-0.05, 0) is 38.5 Å². The number of rotatable bonds is 1. The molecule has 132 valence electrons. The van der Waals surface area contributed by atoms with Gasteiger partial charge in [0.1, 0.15) is 6.10 Å². The van der Waals surface area contributed by atoms with E-state index in [2.05, 4.69) is 26.0 Å². The van der Waals surface area contributed by atoms with Crippen LogP contribution in [0.2, 0.25) is 0 Å². The van der Waals surface area contributed by atoms with Gasteiger partial charge in [-0.2, -0.15) is 0 Å². The molecule has 4 heteroatoms. The van der Waals surface area contributed by atoms with Crippen molar-refractivity contribution in [1.29, 1.82) is 0 Å². The summed E-state index contributed by atoms with van der Waals surface area (Å²) in [5, 5.41) is 0. The normalized spacial score (nSPS) is 43.2. The van der Waals surface area contributed by atoms with E-state index in [0.29, 0.717) is 12.5 Å². The highest BCUT2D eigenvalue weighted by Crippen LogP contribution is 2.42. The Kier molecular flexibility index (Phi) is 4.65. The lowest BCUT2D eigenvalue weighted by molar-refractivity contribution is -0.326. The first-order chi connectivity index (χ1) is 11.7. The molecule has 3 aliphatic rings. The first-order valence-corrected chi connectivity index (χ1v) is 9.27. The predicted molar refractivity (Wildman–Crippen MR) is 90.7 cm³/mol. The van der Waals surface area contributed by atoms with Gasteiger partial charge in [-0.25, -0.2) is 0 Å². The van der Waals surface area contributed by atoms with E-state index in [-0.39, 0.29) is 30.2 Å². The van der Waals surface area contributed by atoms with Gasteiger partial charge in [-0.3, -0.25) is 0 Å². The van der Waals surface area contributed by atoms with Gasteiger partial charge in [0, 0.05) is 12.2 Å². The van der Waals surface area contributed by atoms with Crippen LogP contribution in [0.5, 0.6) is 0 Å². The van der Waals surface area contributed by atoms with Crippen molar-refractivity contribution in [2.75, 3.05) is 13.2 Å². The van der Waals surface area contributed by atoms with Gasteiger partial charge in [0.05, 0.1) is 24.4 Å². The second kappa shape index (κ2) is 6.75. The lowest BCUT2D eigenvalue weighted by atomic mass is 9.82. The quantitative estimate of drug-likeness (QED) is 0.783. The van der Waals surface area contributed by atoms with Crippen LogP contribution in [0.25, 0.3) is 0 Å². The molecule has 3 aliphatic heterocycles. The predicted octanol–water partition coefficient (Wildman–Crippen LogP) is 3.85. The molecular formula is C20H28O4. The van der Waals surface area contributed by atoms with Gasteiger partial charge < -0.3 is 18.9 Å². The van der Waals surface area contributed by atoms with E-state index in [0.717, 1.165) is 37.9 Å². The highest BCUT2D eigenvalue weighted by atomic mass is 16.7. The Labute approximate surface area is 144 Å². The van der Waals surface area contributed by atoms with E-state index < -0.39 is 0 Å². The summed E-state index contributed by atoms with van der Waals surface area (Å²) in [6.07, 6.45) is 4.27. The van der Waals surface area contributed by atoms with E-state index in [1.54, 1.807) is 0 Å². The summed E-state index contributed by atoms with van der Waals surface area (Å²) in [4.78, 5) is 0. The van der Waals surface area contributed by atoms with Gasteiger partial charge in [-0.1, -0.05) is 37.3 Å². The molecule has 0 unspecified atom stereocenters. The van der Waals surface area contributed by atoms with E-state index in [4.69, 9.17) is 18.9 Å². The number of benzene rings is 1. The highest BCUT2D eigenvalue weighted by molar-refractivity contribution is 5.17. The summed E-state index contributed by atoms with van der Waals surface area (Å²) >= 11 is 0. The van der Waals surface area contributed by atoms with Crippen LogP contribution in [-0.4, -0.2) is 37.1 Å². The average molecular weight is 332 g/mol. The Bertz CT molecular complexity index is 548. The topological polar surface area (TPSA) is 36.9 Å². The molecule has 1 aromatic rings. The van der Waals surface area contributed by atoms with Crippen LogP contribution in [0.15, 0.2) is 30.3 Å². The molecular weight excluding hydrogens is 304 g/mol. The molecule has 0 N–H and O–H groups in total. The maximum absolute atomic E-state index is 6.48. The fourth-order valence-electron chi connectivity index (χ4n) is 4.22. The Balaban J connectivity index is 1.53. The molecule has 4 nitrogen and oxygen atoms in total. The van der Waals surface area contributed by atoms with Gasteiger partial charge in [-0.15, -0.1) is 0 Å². The first-order valence-electron chi connectivity index (χ1n) is 9.27. The van der Waals surface area contributed by atoms with Gasteiger partial charge in [0.25, 0.3) is 0 Å². The van der Waals surface area contributed by atoms with Crippen LogP contribution < -0.4 is 0 Å². The molecule has 0 saturated carbocycles. The molecule has 24 heavy (non-hydrogen) atoms. The van der Waals surface area contributed by atoms with E-state index in [1.165, 1.54) is 0 Å². The Morgan fingerprint density at radius 2 is 1.92 bits per heavy atom. The van der Waals surface area contributed by atoms with Crippen LogP contribution in [-0.2, 0) is 18.9 Å². The number of fused-ring (bicyclic) bond motifs is 2. The smallest absolute Gasteiger partial charge is 0.184 e. The van der Waals surface area contributed by atoms with Crippen molar-refractivity contribution in [3.8, 4) is 0 Å². The van der Waals surface area contributed by atoms with E-state index >= 15 is 0 Å². The second-order valence-corrected chi connectivity index (χ2v) is 7.66. The van der Waals surface area contributed by atoms with Crippen LogP contribution in [0, 0.1) is 5.92 Å². The molecule has 0 spiro atoms. The SMILES string of the molecule is C[C@@H]1CC[C@]2(C)O[C@H](c3ccccc3)OC[C@H]2O[C@H]2CCCO[C@H]12. The molecule has 0 amide bonds. The highest BCUT2D eigenvalue weighted by Gasteiger charge is 2.48. The number of ether oxygens (including phenoxy) is 4. The Morgan fingerprint density at radius 1 is 1.08 bits per heavy atom. The van der Waals surface area contributed by atoms with Crippen molar-refractivity contribution < 1.29 is 18.9 Å². The summed E-state index contributed by atoms with van der Waals surface area (Å²) in [5.41, 5.74) is 0.765. The second-order valence-electron chi connectivity index (χ2n) is 7.66. The molecule has 0 bridgehead atoms. The zero-order valence-electron chi connectivity index (χ0n) is 14.6. The summed E-state index contributed by atoms with van der Waals surface area (Å²) in [6.45, 7) is 5.91. The number of hydrogen-bond donors (Lipinski definition) is 0. The summed E-state index contributed by atoms with van der Waals surface area (Å²) in [7, 11) is 0. The molecule has 0 aliphatic carbocycles. The standard InChI is InChI=1S/C20H28O4/c1-14-10-11-20(2)17(23-16-9-6-12-21-18(14)16)13-22-19(24-20)15-7-4-3-5-8-15/h3-5,7-8,14,16-19H,6,9-13H2,1-2H3/t14-,16+,17-,18-,19-,20+/m1/s1. The van der Waals surface area contributed by atoms with Crippen LogP contribution in [0.4, 0.5) is 0 Å². The lowest BCUT2D eigenvalue weighted by Crippen LogP contribution is -2.57. The summed E-state index contributed by atoms with van der Waals surface area (Å²) < 4.78 is 25.0. The monoisotopic (exact) mass is 332 g/mol. The zero-order valence-corrected chi connectivity index (χ0v) is 14.6.